The Morgan fingerprint density at radius 2 is 2.00 bits per heavy atom. The van der Waals surface area contributed by atoms with Gasteiger partial charge < -0.3 is 15.4 Å². The van der Waals surface area contributed by atoms with E-state index >= 15 is 0 Å². The third kappa shape index (κ3) is 7.20. The second-order valence-electron chi connectivity index (χ2n) is 3.69. The molecule has 0 bridgehead atoms. The maximum atomic E-state index is 12.0. The second kappa shape index (κ2) is 8.65. The molecule has 1 aromatic rings. The Labute approximate surface area is 121 Å². The van der Waals surface area contributed by atoms with Crippen LogP contribution in [-0.4, -0.2) is 31.9 Å². The van der Waals surface area contributed by atoms with Crippen molar-refractivity contribution in [1.29, 1.82) is 0 Å². The molecule has 20 heavy (non-hydrogen) atoms. The molecular weight excluding hydrogens is 297 g/mol. The van der Waals surface area contributed by atoms with E-state index in [4.69, 9.17) is 0 Å². The molecule has 2 N–H and O–H groups in total. The molecule has 1 rings (SSSR count). The second-order valence-corrected chi connectivity index (χ2v) is 3.69. The summed E-state index contributed by atoms with van der Waals surface area (Å²) < 4.78 is 39.8. The summed E-state index contributed by atoms with van der Waals surface area (Å²) in [6, 6.07) is 4.95. The Balaban J connectivity index is 0.00000361. The molecular formula is C12H16ClF3N2O2. The van der Waals surface area contributed by atoms with Crippen molar-refractivity contribution in [1.82, 2.24) is 10.6 Å². The van der Waals surface area contributed by atoms with Crippen LogP contribution < -0.4 is 15.4 Å². The molecule has 0 fully saturated rings. The first kappa shape index (κ1) is 18.5. The summed E-state index contributed by atoms with van der Waals surface area (Å²) in [5.74, 6) is -0.850. The van der Waals surface area contributed by atoms with E-state index in [2.05, 4.69) is 15.4 Å². The Bertz CT molecular complexity index is 427. The first-order valence-corrected chi connectivity index (χ1v) is 5.77. The first-order valence-electron chi connectivity index (χ1n) is 5.77. The van der Waals surface area contributed by atoms with Crippen LogP contribution in [0.1, 0.15) is 17.3 Å². The van der Waals surface area contributed by atoms with Gasteiger partial charge in [-0.15, -0.1) is 25.6 Å². The third-order valence-electron chi connectivity index (χ3n) is 2.17. The van der Waals surface area contributed by atoms with Crippen molar-refractivity contribution in [3.05, 3.63) is 29.8 Å². The molecule has 114 valence electrons. The summed E-state index contributed by atoms with van der Waals surface area (Å²) in [5.41, 5.74) is 0.123. The smallest absolute Gasteiger partial charge is 0.406 e. The van der Waals surface area contributed by atoms with Gasteiger partial charge in [0, 0.05) is 18.7 Å². The highest BCUT2D eigenvalue weighted by Gasteiger charge is 2.31. The van der Waals surface area contributed by atoms with Crippen LogP contribution in [-0.2, 0) is 0 Å². The molecule has 0 saturated carbocycles. The molecule has 0 aliphatic carbocycles. The van der Waals surface area contributed by atoms with E-state index in [9.17, 15) is 18.0 Å². The molecule has 0 atom stereocenters. The standard InChI is InChI=1S/C12H15F3N2O2.ClH/c1-2-16-6-7-17-11(18)9-4-3-5-10(8-9)19-12(13,14)15;/h3-5,8,16H,2,6-7H2,1H3,(H,17,18);1H. The Morgan fingerprint density at radius 3 is 2.60 bits per heavy atom. The fourth-order valence-electron chi connectivity index (χ4n) is 1.38. The number of carbonyl (C=O) groups excluding carboxylic acids is 1. The van der Waals surface area contributed by atoms with Crippen molar-refractivity contribution in [2.24, 2.45) is 0 Å². The van der Waals surface area contributed by atoms with Crippen molar-refractivity contribution in [3.63, 3.8) is 0 Å². The lowest BCUT2D eigenvalue weighted by molar-refractivity contribution is -0.274. The van der Waals surface area contributed by atoms with E-state index in [0.717, 1.165) is 18.7 Å². The lowest BCUT2D eigenvalue weighted by Crippen LogP contribution is -2.31. The van der Waals surface area contributed by atoms with Crippen LogP contribution in [0.25, 0.3) is 0 Å². The average Bonchev–Trinajstić information content (AvgIpc) is 2.32. The number of benzene rings is 1. The van der Waals surface area contributed by atoms with Gasteiger partial charge in [-0.05, 0) is 24.7 Å². The van der Waals surface area contributed by atoms with Gasteiger partial charge in [0.15, 0.2) is 0 Å². The fourth-order valence-corrected chi connectivity index (χ4v) is 1.38. The zero-order valence-corrected chi connectivity index (χ0v) is 11.6. The minimum atomic E-state index is -4.76. The highest BCUT2D eigenvalue weighted by atomic mass is 35.5. The summed E-state index contributed by atoms with van der Waals surface area (Å²) in [5, 5.41) is 5.59. The number of halogens is 4. The van der Waals surface area contributed by atoms with Crippen LogP contribution in [0.3, 0.4) is 0 Å². The van der Waals surface area contributed by atoms with Crippen LogP contribution in [0, 0.1) is 0 Å². The number of ether oxygens (including phenoxy) is 1. The Morgan fingerprint density at radius 1 is 1.30 bits per heavy atom. The van der Waals surface area contributed by atoms with Crippen molar-refractivity contribution >= 4 is 18.3 Å². The molecule has 8 heteroatoms. The van der Waals surface area contributed by atoms with E-state index in [1.807, 2.05) is 6.92 Å². The maximum Gasteiger partial charge on any atom is 0.573 e. The topological polar surface area (TPSA) is 50.4 Å². The van der Waals surface area contributed by atoms with Gasteiger partial charge in [0.25, 0.3) is 5.91 Å². The van der Waals surface area contributed by atoms with Gasteiger partial charge in [0.05, 0.1) is 0 Å². The van der Waals surface area contributed by atoms with Crippen molar-refractivity contribution < 1.29 is 22.7 Å². The van der Waals surface area contributed by atoms with Crippen molar-refractivity contribution in [2.45, 2.75) is 13.3 Å². The minimum Gasteiger partial charge on any atom is -0.406 e. The lowest BCUT2D eigenvalue weighted by Gasteiger charge is -2.10. The summed E-state index contributed by atoms with van der Waals surface area (Å²) in [7, 11) is 0. The van der Waals surface area contributed by atoms with Crippen LogP contribution in [0.4, 0.5) is 13.2 Å². The van der Waals surface area contributed by atoms with Gasteiger partial charge in [0.1, 0.15) is 5.75 Å². The van der Waals surface area contributed by atoms with Crippen LogP contribution in [0.5, 0.6) is 5.75 Å². The van der Waals surface area contributed by atoms with Gasteiger partial charge in [-0.2, -0.15) is 0 Å². The summed E-state index contributed by atoms with van der Waals surface area (Å²) in [4.78, 5) is 11.6. The minimum absolute atomic E-state index is 0. The number of hydrogen-bond donors (Lipinski definition) is 2. The monoisotopic (exact) mass is 312 g/mol. The zero-order valence-electron chi connectivity index (χ0n) is 10.8. The number of amides is 1. The molecule has 0 aromatic heterocycles. The quantitative estimate of drug-likeness (QED) is 0.793. The number of alkyl halides is 3. The predicted octanol–water partition coefficient (Wildman–Crippen LogP) is 2.35. The van der Waals surface area contributed by atoms with Gasteiger partial charge in [-0.1, -0.05) is 13.0 Å². The Kier molecular flexibility index (Phi) is 8.02. The molecule has 0 saturated heterocycles. The SMILES string of the molecule is CCNCCNC(=O)c1cccc(OC(F)(F)F)c1.Cl. The van der Waals surface area contributed by atoms with Gasteiger partial charge in [-0.25, -0.2) is 0 Å². The lowest BCUT2D eigenvalue weighted by atomic mass is 10.2. The van der Waals surface area contributed by atoms with Crippen molar-refractivity contribution in [2.75, 3.05) is 19.6 Å². The van der Waals surface area contributed by atoms with Crippen LogP contribution in [0.15, 0.2) is 24.3 Å². The zero-order chi connectivity index (χ0) is 14.3. The predicted molar refractivity (Wildman–Crippen MR) is 71.2 cm³/mol. The average molecular weight is 313 g/mol. The molecule has 0 aliphatic heterocycles. The summed E-state index contributed by atoms with van der Waals surface area (Å²) in [6.07, 6.45) is -4.76. The van der Waals surface area contributed by atoms with E-state index in [-0.39, 0.29) is 18.0 Å². The Hall–Kier alpha value is -1.47. The molecule has 1 aromatic carbocycles. The highest BCUT2D eigenvalue weighted by molar-refractivity contribution is 5.94. The number of nitrogens with one attached hydrogen (secondary N) is 2. The van der Waals surface area contributed by atoms with Crippen LogP contribution >= 0.6 is 12.4 Å². The number of carbonyl (C=O) groups is 1. The first-order chi connectivity index (χ1) is 8.92. The van der Waals surface area contributed by atoms with Gasteiger partial charge >= 0.3 is 6.36 Å². The number of hydrogen-bond acceptors (Lipinski definition) is 3. The molecule has 0 radical (unpaired) electrons. The molecule has 1 amide bonds. The molecule has 0 aliphatic rings. The van der Waals surface area contributed by atoms with E-state index in [1.165, 1.54) is 12.1 Å². The summed E-state index contributed by atoms with van der Waals surface area (Å²) >= 11 is 0. The van der Waals surface area contributed by atoms with E-state index < -0.39 is 18.0 Å². The normalized spacial score (nSPS) is 10.6. The van der Waals surface area contributed by atoms with Crippen molar-refractivity contribution in [3.8, 4) is 5.75 Å². The molecule has 4 nitrogen and oxygen atoms in total. The molecule has 0 heterocycles. The van der Waals surface area contributed by atoms with E-state index in [0.29, 0.717) is 13.1 Å². The maximum absolute atomic E-state index is 12.0. The molecule has 0 unspecified atom stereocenters. The third-order valence-corrected chi connectivity index (χ3v) is 2.17. The molecule has 0 spiro atoms. The van der Waals surface area contributed by atoms with Crippen LogP contribution in [0.2, 0.25) is 0 Å². The highest BCUT2D eigenvalue weighted by Crippen LogP contribution is 2.23. The largest absolute Gasteiger partial charge is 0.573 e. The number of likely N-dealkylation sites (N-methyl/N-ethyl adjacent to an activating group) is 1. The number of rotatable bonds is 6. The van der Waals surface area contributed by atoms with Gasteiger partial charge in [-0.3, -0.25) is 4.79 Å². The van der Waals surface area contributed by atoms with Gasteiger partial charge in [0.2, 0.25) is 0 Å². The summed E-state index contributed by atoms with van der Waals surface area (Å²) in [6.45, 7) is 3.71. The van der Waals surface area contributed by atoms with E-state index in [1.54, 1.807) is 0 Å². The fraction of sp³-hybridized carbons (Fsp3) is 0.417.